The summed E-state index contributed by atoms with van der Waals surface area (Å²) in [6.45, 7) is 8.11. The molecule has 1 rings (SSSR count). The number of carbonyl (C=O) groups excluding carboxylic acids is 1. The Morgan fingerprint density at radius 2 is 2.00 bits per heavy atom. The van der Waals surface area contributed by atoms with Gasteiger partial charge in [0.15, 0.2) is 0 Å². The maximum atomic E-state index is 12.1. The van der Waals surface area contributed by atoms with E-state index in [0.717, 1.165) is 18.7 Å². The first kappa shape index (κ1) is 14.7. The molecular weight excluding hydrogens is 224 g/mol. The van der Waals surface area contributed by atoms with Crippen molar-refractivity contribution in [2.24, 2.45) is 5.73 Å². The van der Waals surface area contributed by atoms with E-state index in [2.05, 4.69) is 25.1 Å². The Balaban J connectivity index is 2.76. The predicted octanol–water partition coefficient (Wildman–Crippen LogP) is 2.30. The molecule has 0 fully saturated rings. The topological polar surface area (TPSA) is 46.3 Å². The van der Waals surface area contributed by atoms with Crippen molar-refractivity contribution in [1.82, 2.24) is 4.90 Å². The Labute approximate surface area is 110 Å². The van der Waals surface area contributed by atoms with E-state index in [1.807, 2.05) is 24.8 Å². The van der Waals surface area contributed by atoms with Gasteiger partial charge in [-0.15, -0.1) is 0 Å². The number of hydrogen-bond donors (Lipinski definition) is 1. The summed E-state index contributed by atoms with van der Waals surface area (Å²) < 4.78 is 0. The molecule has 18 heavy (non-hydrogen) atoms. The molecule has 0 saturated heterocycles. The lowest BCUT2D eigenvalue weighted by molar-refractivity contribution is -0.131. The zero-order valence-electron chi connectivity index (χ0n) is 11.6. The minimum atomic E-state index is 0.123. The molecule has 0 aromatic heterocycles. The second kappa shape index (κ2) is 7.17. The van der Waals surface area contributed by atoms with Crippen molar-refractivity contribution in [3.8, 4) is 0 Å². The average molecular weight is 248 g/mol. The highest BCUT2D eigenvalue weighted by molar-refractivity contribution is 5.77. The largest absolute Gasteiger partial charge is 0.343 e. The zero-order chi connectivity index (χ0) is 13.5. The lowest BCUT2D eigenvalue weighted by atomic mass is 9.94. The van der Waals surface area contributed by atoms with E-state index in [1.165, 1.54) is 5.56 Å². The molecule has 0 bridgehead atoms. The summed E-state index contributed by atoms with van der Waals surface area (Å²) in [7, 11) is 0. The number of hydrogen-bond acceptors (Lipinski definition) is 2. The van der Waals surface area contributed by atoms with Crippen LogP contribution >= 0.6 is 0 Å². The predicted molar refractivity (Wildman–Crippen MR) is 75.5 cm³/mol. The number of nitrogens with zero attached hydrogens (tertiary/aromatic N) is 1. The molecule has 1 aromatic rings. The molecule has 0 radical (unpaired) electrons. The molecule has 100 valence electrons. The molecule has 0 spiro atoms. The van der Waals surface area contributed by atoms with Crippen molar-refractivity contribution in [2.75, 3.05) is 19.6 Å². The maximum absolute atomic E-state index is 12.1. The number of rotatable bonds is 6. The number of aryl methyl sites for hydroxylation is 1. The Kier molecular flexibility index (Phi) is 5.86. The zero-order valence-corrected chi connectivity index (χ0v) is 11.6. The van der Waals surface area contributed by atoms with Crippen LogP contribution in [0.3, 0.4) is 0 Å². The van der Waals surface area contributed by atoms with Crippen LogP contribution in [0, 0.1) is 6.92 Å². The molecule has 1 atom stereocenters. The fourth-order valence-corrected chi connectivity index (χ4v) is 2.18. The summed E-state index contributed by atoms with van der Waals surface area (Å²) in [5.41, 5.74) is 8.19. The second-order valence-electron chi connectivity index (χ2n) is 4.62. The molecule has 3 nitrogen and oxygen atoms in total. The highest BCUT2D eigenvalue weighted by Crippen LogP contribution is 2.20. The van der Waals surface area contributed by atoms with E-state index in [9.17, 15) is 4.79 Å². The normalized spacial score (nSPS) is 12.2. The van der Waals surface area contributed by atoms with Crippen LogP contribution in [0.4, 0.5) is 0 Å². The van der Waals surface area contributed by atoms with Crippen LogP contribution in [0.5, 0.6) is 0 Å². The van der Waals surface area contributed by atoms with Crippen molar-refractivity contribution < 1.29 is 4.79 Å². The summed E-state index contributed by atoms with van der Waals surface area (Å²) in [5.74, 6) is 0.315. The van der Waals surface area contributed by atoms with Gasteiger partial charge < -0.3 is 10.6 Å². The quantitative estimate of drug-likeness (QED) is 0.839. The van der Waals surface area contributed by atoms with E-state index in [1.54, 1.807) is 0 Å². The van der Waals surface area contributed by atoms with Gasteiger partial charge in [-0.3, -0.25) is 4.79 Å². The fourth-order valence-electron chi connectivity index (χ4n) is 2.18. The first-order valence-corrected chi connectivity index (χ1v) is 6.66. The first-order chi connectivity index (χ1) is 8.62. The Morgan fingerprint density at radius 1 is 1.33 bits per heavy atom. The van der Waals surface area contributed by atoms with Gasteiger partial charge in [0.2, 0.25) is 5.91 Å². The van der Waals surface area contributed by atoms with E-state index in [0.29, 0.717) is 13.0 Å². The lowest BCUT2D eigenvalue weighted by Gasteiger charge is -2.22. The van der Waals surface area contributed by atoms with Gasteiger partial charge in [0.25, 0.3) is 0 Å². The van der Waals surface area contributed by atoms with E-state index in [4.69, 9.17) is 5.73 Å². The molecule has 0 aliphatic carbocycles. The third kappa shape index (κ3) is 3.84. The number of amides is 1. The van der Waals surface area contributed by atoms with Crippen LogP contribution in [0.1, 0.15) is 37.3 Å². The highest BCUT2D eigenvalue weighted by Gasteiger charge is 2.17. The molecule has 2 N–H and O–H groups in total. The monoisotopic (exact) mass is 248 g/mol. The maximum Gasteiger partial charge on any atom is 0.223 e. The minimum Gasteiger partial charge on any atom is -0.343 e. The molecule has 1 amide bonds. The van der Waals surface area contributed by atoms with Crippen molar-refractivity contribution in [1.29, 1.82) is 0 Å². The van der Waals surface area contributed by atoms with Crippen LogP contribution in [0.2, 0.25) is 0 Å². The van der Waals surface area contributed by atoms with Crippen LogP contribution in [0.15, 0.2) is 24.3 Å². The van der Waals surface area contributed by atoms with Gasteiger partial charge >= 0.3 is 0 Å². The second-order valence-corrected chi connectivity index (χ2v) is 4.62. The molecule has 0 aliphatic rings. The summed E-state index contributed by atoms with van der Waals surface area (Å²) in [4.78, 5) is 14.0. The summed E-state index contributed by atoms with van der Waals surface area (Å²) in [6, 6.07) is 8.26. The number of benzene rings is 1. The molecule has 3 heteroatoms. The minimum absolute atomic E-state index is 0.123. The van der Waals surface area contributed by atoms with Crippen molar-refractivity contribution in [3.05, 3.63) is 35.4 Å². The molecule has 1 unspecified atom stereocenters. The molecule has 1 aromatic carbocycles. The molecular formula is C15H24N2O. The molecule has 0 aliphatic heterocycles. The van der Waals surface area contributed by atoms with Crippen molar-refractivity contribution in [3.63, 3.8) is 0 Å². The first-order valence-electron chi connectivity index (χ1n) is 6.66. The van der Waals surface area contributed by atoms with Gasteiger partial charge in [0, 0.05) is 25.4 Å². The van der Waals surface area contributed by atoms with E-state index in [-0.39, 0.29) is 11.8 Å². The van der Waals surface area contributed by atoms with Gasteiger partial charge in [0.05, 0.1) is 0 Å². The van der Waals surface area contributed by atoms with E-state index >= 15 is 0 Å². The average Bonchev–Trinajstić information content (AvgIpc) is 2.37. The van der Waals surface area contributed by atoms with Crippen LogP contribution < -0.4 is 5.73 Å². The van der Waals surface area contributed by atoms with Crippen LogP contribution in [-0.4, -0.2) is 30.4 Å². The summed E-state index contributed by atoms with van der Waals surface area (Å²) in [5, 5.41) is 0. The number of nitrogens with two attached hydrogens (primary N) is 1. The Bertz CT molecular complexity index is 386. The van der Waals surface area contributed by atoms with Gasteiger partial charge in [-0.1, -0.05) is 29.8 Å². The van der Waals surface area contributed by atoms with Gasteiger partial charge in [-0.2, -0.15) is 0 Å². The smallest absolute Gasteiger partial charge is 0.223 e. The number of carbonyl (C=O) groups is 1. The van der Waals surface area contributed by atoms with Crippen LogP contribution in [-0.2, 0) is 4.79 Å². The third-order valence-corrected chi connectivity index (χ3v) is 3.34. The Morgan fingerprint density at radius 3 is 2.50 bits per heavy atom. The van der Waals surface area contributed by atoms with Gasteiger partial charge in [-0.05, 0) is 32.9 Å². The van der Waals surface area contributed by atoms with Gasteiger partial charge in [0.1, 0.15) is 0 Å². The molecule has 0 saturated carbocycles. The van der Waals surface area contributed by atoms with E-state index < -0.39 is 0 Å². The van der Waals surface area contributed by atoms with Crippen LogP contribution in [0.25, 0.3) is 0 Å². The SMILES string of the molecule is CCN(CC)C(=O)CC(CN)c1cccc(C)c1. The van der Waals surface area contributed by atoms with Gasteiger partial charge in [-0.25, -0.2) is 0 Å². The van der Waals surface area contributed by atoms with Crippen molar-refractivity contribution in [2.45, 2.75) is 33.1 Å². The summed E-state index contributed by atoms with van der Waals surface area (Å²) in [6.07, 6.45) is 0.502. The lowest BCUT2D eigenvalue weighted by Crippen LogP contribution is -2.32. The molecule has 0 heterocycles. The Hall–Kier alpha value is -1.35. The highest BCUT2D eigenvalue weighted by atomic mass is 16.2. The standard InChI is InChI=1S/C15H24N2O/c1-4-17(5-2)15(18)10-14(11-16)13-8-6-7-12(3)9-13/h6-9,14H,4-5,10-11,16H2,1-3H3. The third-order valence-electron chi connectivity index (χ3n) is 3.34. The van der Waals surface area contributed by atoms with Crippen molar-refractivity contribution >= 4 is 5.91 Å². The fraction of sp³-hybridized carbons (Fsp3) is 0.533. The summed E-state index contributed by atoms with van der Waals surface area (Å²) >= 11 is 0.